The van der Waals surface area contributed by atoms with Gasteiger partial charge in [0, 0.05) is 18.3 Å². The highest BCUT2D eigenvalue weighted by Crippen LogP contribution is 2.21. The summed E-state index contributed by atoms with van der Waals surface area (Å²) in [6.45, 7) is 5.22. The first-order valence-electron chi connectivity index (χ1n) is 7.42. The van der Waals surface area contributed by atoms with Gasteiger partial charge in [-0.25, -0.2) is 0 Å². The van der Waals surface area contributed by atoms with Crippen molar-refractivity contribution < 1.29 is 14.7 Å². The summed E-state index contributed by atoms with van der Waals surface area (Å²) in [5, 5.41) is 15.1. The maximum atomic E-state index is 12.4. The minimum atomic E-state index is -0.906. The van der Waals surface area contributed by atoms with Crippen LogP contribution in [0.5, 0.6) is 0 Å². The van der Waals surface area contributed by atoms with Crippen molar-refractivity contribution in [2.75, 3.05) is 13.1 Å². The van der Waals surface area contributed by atoms with Crippen LogP contribution in [0.15, 0.2) is 18.3 Å². The first-order chi connectivity index (χ1) is 10.0. The van der Waals surface area contributed by atoms with E-state index in [0.29, 0.717) is 11.7 Å². The number of amides is 1. The van der Waals surface area contributed by atoms with Crippen LogP contribution in [0.4, 0.5) is 0 Å². The third-order valence-electron chi connectivity index (χ3n) is 4.21. The van der Waals surface area contributed by atoms with Gasteiger partial charge in [-0.3, -0.25) is 9.59 Å². The largest absolute Gasteiger partial charge is 0.481 e. The molecule has 0 bridgehead atoms. The molecule has 0 aromatic carbocycles. The average Bonchev–Trinajstić information content (AvgIpc) is 2.96. The number of carboxylic acid groups (broad SMARTS) is 1. The standard InChI is InChI=1S/C15H23N3O3/c1-10(15(20)21)11(2)17-14(19)13-4-3-9-18(13)12-5-7-16-8-6-12/h3-4,9-12,16H,5-8H2,1-2H3,(H,17,19)(H,20,21). The quantitative estimate of drug-likeness (QED) is 0.763. The second-order valence-corrected chi connectivity index (χ2v) is 5.67. The number of piperidine rings is 1. The zero-order valence-corrected chi connectivity index (χ0v) is 12.5. The van der Waals surface area contributed by atoms with Gasteiger partial charge < -0.3 is 20.3 Å². The van der Waals surface area contributed by atoms with E-state index >= 15 is 0 Å². The average molecular weight is 293 g/mol. The monoisotopic (exact) mass is 293 g/mol. The highest BCUT2D eigenvalue weighted by atomic mass is 16.4. The molecule has 2 atom stereocenters. The van der Waals surface area contributed by atoms with Crippen molar-refractivity contribution >= 4 is 11.9 Å². The van der Waals surface area contributed by atoms with E-state index < -0.39 is 17.9 Å². The molecule has 116 valence electrons. The molecule has 0 radical (unpaired) electrons. The fourth-order valence-electron chi connectivity index (χ4n) is 2.61. The Hall–Kier alpha value is -1.82. The summed E-state index contributed by atoms with van der Waals surface area (Å²) in [6.07, 6.45) is 3.92. The smallest absolute Gasteiger partial charge is 0.308 e. The SMILES string of the molecule is CC(NC(=O)c1cccn1C1CCNCC1)C(C)C(=O)O. The molecular formula is C15H23N3O3. The molecule has 2 rings (SSSR count). The van der Waals surface area contributed by atoms with Gasteiger partial charge in [-0.15, -0.1) is 0 Å². The van der Waals surface area contributed by atoms with Crippen LogP contribution in [0.25, 0.3) is 0 Å². The van der Waals surface area contributed by atoms with Crippen molar-refractivity contribution in [3.8, 4) is 0 Å². The summed E-state index contributed by atoms with van der Waals surface area (Å²) in [5.41, 5.74) is 0.603. The normalized spacial score (nSPS) is 19.0. The van der Waals surface area contributed by atoms with Gasteiger partial charge in [-0.05, 0) is 51.9 Å². The first-order valence-corrected chi connectivity index (χ1v) is 7.42. The maximum Gasteiger partial charge on any atom is 0.308 e. The van der Waals surface area contributed by atoms with Crippen LogP contribution < -0.4 is 10.6 Å². The van der Waals surface area contributed by atoms with Crippen LogP contribution >= 0.6 is 0 Å². The van der Waals surface area contributed by atoms with Gasteiger partial charge in [0.25, 0.3) is 5.91 Å². The molecule has 1 saturated heterocycles. The van der Waals surface area contributed by atoms with E-state index in [-0.39, 0.29) is 5.91 Å². The molecule has 1 aliphatic heterocycles. The summed E-state index contributed by atoms with van der Waals surface area (Å²) in [6, 6.07) is 3.57. The van der Waals surface area contributed by atoms with Crippen LogP contribution in [0.1, 0.15) is 43.2 Å². The van der Waals surface area contributed by atoms with Crippen molar-refractivity contribution in [2.45, 2.75) is 38.8 Å². The lowest BCUT2D eigenvalue weighted by atomic mass is 10.0. The predicted molar refractivity (Wildman–Crippen MR) is 79.3 cm³/mol. The second-order valence-electron chi connectivity index (χ2n) is 5.67. The molecule has 21 heavy (non-hydrogen) atoms. The van der Waals surface area contributed by atoms with Gasteiger partial charge in [-0.1, -0.05) is 0 Å². The fourth-order valence-corrected chi connectivity index (χ4v) is 2.61. The first kappa shape index (κ1) is 15.6. The maximum absolute atomic E-state index is 12.4. The van der Waals surface area contributed by atoms with Gasteiger partial charge in [-0.2, -0.15) is 0 Å². The minimum Gasteiger partial charge on any atom is -0.481 e. The molecule has 0 saturated carbocycles. The number of hydrogen-bond acceptors (Lipinski definition) is 3. The molecule has 2 unspecified atom stereocenters. The zero-order valence-electron chi connectivity index (χ0n) is 12.5. The second kappa shape index (κ2) is 6.76. The lowest BCUT2D eigenvalue weighted by molar-refractivity contribution is -0.141. The Bertz CT molecular complexity index is 506. The molecule has 6 heteroatoms. The van der Waals surface area contributed by atoms with Gasteiger partial charge in [0.15, 0.2) is 0 Å². The molecule has 2 heterocycles. The number of carbonyl (C=O) groups excluding carboxylic acids is 1. The summed E-state index contributed by atoms with van der Waals surface area (Å²) >= 11 is 0. The minimum absolute atomic E-state index is 0.209. The van der Waals surface area contributed by atoms with Crippen molar-refractivity contribution in [2.24, 2.45) is 5.92 Å². The van der Waals surface area contributed by atoms with Gasteiger partial charge in [0.2, 0.25) is 0 Å². The molecule has 0 aliphatic carbocycles. The van der Waals surface area contributed by atoms with E-state index in [2.05, 4.69) is 10.6 Å². The lowest BCUT2D eigenvalue weighted by Crippen LogP contribution is -2.41. The zero-order chi connectivity index (χ0) is 15.4. The molecule has 0 spiro atoms. The number of aromatic nitrogens is 1. The molecule has 1 fully saturated rings. The van der Waals surface area contributed by atoms with Crippen molar-refractivity contribution in [3.05, 3.63) is 24.0 Å². The summed E-state index contributed by atoms with van der Waals surface area (Å²) in [4.78, 5) is 23.3. The Balaban J connectivity index is 2.06. The Labute approximate surface area is 124 Å². The Kier molecular flexibility index (Phi) is 5.01. The highest BCUT2D eigenvalue weighted by molar-refractivity contribution is 5.93. The molecule has 1 aromatic heterocycles. The van der Waals surface area contributed by atoms with Crippen LogP contribution in [0.3, 0.4) is 0 Å². The van der Waals surface area contributed by atoms with E-state index in [4.69, 9.17) is 5.11 Å². The van der Waals surface area contributed by atoms with Crippen molar-refractivity contribution in [3.63, 3.8) is 0 Å². The van der Waals surface area contributed by atoms with Crippen LogP contribution in [0, 0.1) is 5.92 Å². The highest BCUT2D eigenvalue weighted by Gasteiger charge is 2.24. The Morgan fingerprint density at radius 3 is 2.67 bits per heavy atom. The number of hydrogen-bond donors (Lipinski definition) is 3. The summed E-state index contributed by atoms with van der Waals surface area (Å²) < 4.78 is 2.01. The third kappa shape index (κ3) is 3.64. The van der Waals surface area contributed by atoms with Crippen molar-refractivity contribution in [1.29, 1.82) is 0 Å². The van der Waals surface area contributed by atoms with E-state index in [1.807, 2.05) is 16.8 Å². The molecule has 1 amide bonds. The van der Waals surface area contributed by atoms with Gasteiger partial charge >= 0.3 is 5.97 Å². The Morgan fingerprint density at radius 1 is 1.38 bits per heavy atom. The van der Waals surface area contributed by atoms with Crippen LogP contribution in [0.2, 0.25) is 0 Å². The summed E-state index contributed by atoms with van der Waals surface area (Å²) in [5.74, 6) is -1.73. The van der Waals surface area contributed by atoms with Gasteiger partial charge in [0.05, 0.1) is 5.92 Å². The number of rotatable bonds is 5. The van der Waals surface area contributed by atoms with E-state index in [9.17, 15) is 9.59 Å². The Morgan fingerprint density at radius 2 is 2.05 bits per heavy atom. The van der Waals surface area contributed by atoms with Crippen molar-refractivity contribution in [1.82, 2.24) is 15.2 Å². The molecule has 1 aliphatic rings. The third-order valence-corrected chi connectivity index (χ3v) is 4.21. The number of nitrogens with one attached hydrogen (secondary N) is 2. The lowest BCUT2D eigenvalue weighted by Gasteiger charge is -2.26. The van der Waals surface area contributed by atoms with Gasteiger partial charge in [0.1, 0.15) is 5.69 Å². The molecule has 1 aromatic rings. The predicted octanol–water partition coefficient (Wildman–Crippen LogP) is 1.25. The van der Waals surface area contributed by atoms with E-state index in [1.54, 1.807) is 19.9 Å². The number of carbonyl (C=O) groups is 2. The number of nitrogens with zero attached hydrogens (tertiary/aromatic N) is 1. The number of aliphatic carboxylic acids is 1. The van der Waals surface area contributed by atoms with E-state index in [0.717, 1.165) is 25.9 Å². The molecular weight excluding hydrogens is 270 g/mol. The summed E-state index contributed by atoms with van der Waals surface area (Å²) in [7, 11) is 0. The topological polar surface area (TPSA) is 83.4 Å². The fraction of sp³-hybridized carbons (Fsp3) is 0.600. The van der Waals surface area contributed by atoms with Crippen LogP contribution in [-0.2, 0) is 4.79 Å². The van der Waals surface area contributed by atoms with Crippen LogP contribution in [-0.4, -0.2) is 40.7 Å². The molecule has 3 N–H and O–H groups in total. The van der Waals surface area contributed by atoms with E-state index in [1.165, 1.54) is 0 Å². The molecule has 6 nitrogen and oxygen atoms in total. The number of carboxylic acids is 1.